The predicted molar refractivity (Wildman–Crippen MR) is 46.7 cm³/mol. The van der Waals surface area contributed by atoms with Crippen LogP contribution in [0.25, 0.3) is 0 Å². The van der Waals surface area contributed by atoms with Crippen molar-refractivity contribution in [3.05, 3.63) is 22.6 Å². The number of alkyl halides is 3. The number of fused-ring (bicyclic) bond motifs is 1. The summed E-state index contributed by atoms with van der Waals surface area (Å²) in [7, 11) is 1.28. The van der Waals surface area contributed by atoms with E-state index in [0.29, 0.717) is 0 Å². The molecule has 4 nitrogen and oxygen atoms in total. The van der Waals surface area contributed by atoms with Gasteiger partial charge in [0.1, 0.15) is 6.04 Å². The molecule has 7 heteroatoms. The Bertz CT molecular complexity index is 439. The van der Waals surface area contributed by atoms with E-state index in [0.717, 1.165) is 15.5 Å². The van der Waals surface area contributed by atoms with Crippen LogP contribution in [0.15, 0.2) is 17.1 Å². The van der Waals surface area contributed by atoms with Gasteiger partial charge in [-0.3, -0.25) is 9.36 Å². The van der Waals surface area contributed by atoms with Gasteiger partial charge in [-0.2, -0.15) is 13.2 Å². The Morgan fingerprint density at radius 2 is 2.20 bits per heavy atom. The van der Waals surface area contributed by atoms with Crippen molar-refractivity contribution in [3.63, 3.8) is 0 Å². The van der Waals surface area contributed by atoms with E-state index in [1.165, 1.54) is 13.2 Å². The SMILES string of the molecule is CN1c2nccc(=O)n2CC1C(F)(F)F. The van der Waals surface area contributed by atoms with Gasteiger partial charge in [0.25, 0.3) is 5.56 Å². The van der Waals surface area contributed by atoms with E-state index in [1.807, 2.05) is 0 Å². The summed E-state index contributed by atoms with van der Waals surface area (Å²) in [6.07, 6.45) is -3.14. The molecule has 0 N–H and O–H groups in total. The minimum absolute atomic E-state index is 0.0600. The van der Waals surface area contributed by atoms with E-state index < -0.39 is 17.8 Å². The summed E-state index contributed by atoms with van der Waals surface area (Å²) in [5.74, 6) is 0.0600. The van der Waals surface area contributed by atoms with Gasteiger partial charge in [0, 0.05) is 19.3 Å². The summed E-state index contributed by atoms with van der Waals surface area (Å²) >= 11 is 0. The van der Waals surface area contributed by atoms with E-state index in [2.05, 4.69) is 4.98 Å². The van der Waals surface area contributed by atoms with Gasteiger partial charge in [-0.05, 0) is 0 Å². The highest BCUT2D eigenvalue weighted by Gasteiger charge is 2.47. The minimum atomic E-state index is -4.35. The van der Waals surface area contributed by atoms with Gasteiger partial charge in [-0.15, -0.1) is 0 Å². The monoisotopic (exact) mass is 219 g/mol. The summed E-state index contributed by atoms with van der Waals surface area (Å²) < 4.78 is 38.6. The third kappa shape index (κ3) is 1.47. The van der Waals surface area contributed by atoms with Crippen LogP contribution < -0.4 is 10.5 Å². The van der Waals surface area contributed by atoms with Crippen LogP contribution in [0.1, 0.15) is 0 Å². The van der Waals surface area contributed by atoms with Crippen molar-refractivity contribution in [1.29, 1.82) is 0 Å². The molecule has 0 radical (unpaired) electrons. The fourth-order valence-corrected chi connectivity index (χ4v) is 1.64. The van der Waals surface area contributed by atoms with Crippen LogP contribution >= 0.6 is 0 Å². The highest BCUT2D eigenvalue weighted by Crippen LogP contribution is 2.31. The van der Waals surface area contributed by atoms with E-state index in [-0.39, 0.29) is 12.5 Å². The molecular weight excluding hydrogens is 211 g/mol. The third-order valence-corrected chi connectivity index (χ3v) is 2.43. The Balaban J connectivity index is 2.46. The topological polar surface area (TPSA) is 38.1 Å². The van der Waals surface area contributed by atoms with E-state index >= 15 is 0 Å². The molecule has 0 amide bonds. The standard InChI is InChI=1S/C8H8F3N3O/c1-13-5(8(9,10)11)4-14-6(15)2-3-12-7(13)14/h2-3,5H,4H2,1H3. The van der Waals surface area contributed by atoms with Crippen LogP contribution in [0.4, 0.5) is 19.1 Å². The summed E-state index contributed by atoms with van der Waals surface area (Å²) in [5.41, 5.74) is -0.460. The lowest BCUT2D eigenvalue weighted by Crippen LogP contribution is -2.41. The van der Waals surface area contributed by atoms with Gasteiger partial charge in [0.2, 0.25) is 5.95 Å². The second kappa shape index (κ2) is 2.98. The van der Waals surface area contributed by atoms with Gasteiger partial charge < -0.3 is 4.90 Å². The molecule has 1 atom stereocenters. The minimum Gasteiger partial charge on any atom is -0.331 e. The molecule has 0 bridgehead atoms. The fourth-order valence-electron chi connectivity index (χ4n) is 1.64. The first-order valence-corrected chi connectivity index (χ1v) is 4.26. The number of aromatic nitrogens is 2. The molecule has 0 aromatic carbocycles. The smallest absolute Gasteiger partial charge is 0.331 e. The zero-order chi connectivity index (χ0) is 11.2. The molecule has 0 spiro atoms. The summed E-state index contributed by atoms with van der Waals surface area (Å²) in [6.45, 7) is -0.387. The lowest BCUT2D eigenvalue weighted by molar-refractivity contribution is -0.147. The van der Waals surface area contributed by atoms with Gasteiger partial charge in [0.05, 0.1) is 6.54 Å². The first-order chi connectivity index (χ1) is 6.91. The lowest BCUT2D eigenvalue weighted by Gasteiger charge is -2.22. The van der Waals surface area contributed by atoms with Crippen LogP contribution in [-0.4, -0.2) is 28.8 Å². The van der Waals surface area contributed by atoms with Crippen molar-refractivity contribution >= 4 is 5.95 Å². The fraction of sp³-hybridized carbons (Fsp3) is 0.500. The Hall–Kier alpha value is -1.53. The number of anilines is 1. The third-order valence-electron chi connectivity index (χ3n) is 2.43. The van der Waals surface area contributed by atoms with E-state index in [9.17, 15) is 18.0 Å². The number of hydrogen-bond acceptors (Lipinski definition) is 3. The summed E-state index contributed by atoms with van der Waals surface area (Å²) in [4.78, 5) is 16.0. The Labute approximate surface area is 83.0 Å². The maximum absolute atomic E-state index is 12.5. The molecule has 1 aliphatic heterocycles. The molecule has 0 fully saturated rings. The van der Waals surface area contributed by atoms with Crippen LogP contribution in [0.3, 0.4) is 0 Å². The average molecular weight is 219 g/mol. The number of rotatable bonds is 0. The van der Waals surface area contributed by atoms with Crippen molar-refractivity contribution in [1.82, 2.24) is 9.55 Å². The molecule has 0 aliphatic carbocycles. The van der Waals surface area contributed by atoms with Crippen LogP contribution in [0.5, 0.6) is 0 Å². The number of halogens is 3. The largest absolute Gasteiger partial charge is 0.410 e. The first-order valence-electron chi connectivity index (χ1n) is 4.26. The Morgan fingerprint density at radius 1 is 1.53 bits per heavy atom. The van der Waals surface area contributed by atoms with Gasteiger partial charge >= 0.3 is 6.18 Å². The molecule has 1 aliphatic rings. The highest BCUT2D eigenvalue weighted by molar-refractivity contribution is 5.36. The van der Waals surface area contributed by atoms with Crippen molar-refractivity contribution in [3.8, 4) is 0 Å². The van der Waals surface area contributed by atoms with Gasteiger partial charge in [0.15, 0.2) is 0 Å². The number of likely N-dealkylation sites (N-methyl/N-ethyl adjacent to an activating group) is 1. The quantitative estimate of drug-likeness (QED) is 0.642. The zero-order valence-electron chi connectivity index (χ0n) is 7.82. The molecule has 2 heterocycles. The molecule has 15 heavy (non-hydrogen) atoms. The molecule has 1 unspecified atom stereocenters. The van der Waals surface area contributed by atoms with Crippen molar-refractivity contribution in [2.45, 2.75) is 18.8 Å². The molecule has 0 saturated carbocycles. The predicted octanol–water partition coefficient (Wildman–Crippen LogP) is 0.624. The van der Waals surface area contributed by atoms with E-state index in [4.69, 9.17) is 0 Å². The molecule has 2 rings (SSSR count). The zero-order valence-corrected chi connectivity index (χ0v) is 7.82. The molecule has 1 aromatic heterocycles. The first kappa shape index (κ1) is 10.0. The number of hydrogen-bond donors (Lipinski definition) is 0. The summed E-state index contributed by atoms with van der Waals surface area (Å²) in [5, 5.41) is 0. The molecule has 82 valence electrons. The van der Waals surface area contributed by atoms with Crippen molar-refractivity contribution in [2.24, 2.45) is 0 Å². The number of nitrogens with zero attached hydrogens (tertiary/aromatic N) is 3. The van der Waals surface area contributed by atoms with Crippen LogP contribution in [-0.2, 0) is 6.54 Å². The highest BCUT2D eigenvalue weighted by atomic mass is 19.4. The normalized spacial score (nSPS) is 20.5. The average Bonchev–Trinajstić information content (AvgIpc) is 2.45. The van der Waals surface area contributed by atoms with E-state index in [1.54, 1.807) is 0 Å². The molecular formula is C8H8F3N3O. The second-order valence-electron chi connectivity index (χ2n) is 3.36. The molecule has 0 saturated heterocycles. The van der Waals surface area contributed by atoms with Crippen LogP contribution in [0, 0.1) is 0 Å². The van der Waals surface area contributed by atoms with Crippen molar-refractivity contribution in [2.75, 3.05) is 11.9 Å². The van der Waals surface area contributed by atoms with Crippen molar-refractivity contribution < 1.29 is 13.2 Å². The second-order valence-corrected chi connectivity index (χ2v) is 3.36. The molecule has 1 aromatic rings. The lowest BCUT2D eigenvalue weighted by atomic mass is 10.3. The maximum atomic E-state index is 12.5. The Kier molecular flexibility index (Phi) is 1.99. The Morgan fingerprint density at radius 3 is 2.73 bits per heavy atom. The summed E-state index contributed by atoms with van der Waals surface area (Å²) in [6, 6.07) is -0.518. The maximum Gasteiger partial charge on any atom is 0.410 e. The van der Waals surface area contributed by atoms with Crippen LogP contribution in [0.2, 0.25) is 0 Å². The van der Waals surface area contributed by atoms with Gasteiger partial charge in [-0.25, -0.2) is 4.98 Å². The van der Waals surface area contributed by atoms with Gasteiger partial charge in [-0.1, -0.05) is 0 Å².